The summed E-state index contributed by atoms with van der Waals surface area (Å²) >= 11 is 0. The Kier molecular flexibility index (Phi) is 1.71. The van der Waals surface area contributed by atoms with Gasteiger partial charge in [0.15, 0.2) is 5.65 Å². The Morgan fingerprint density at radius 2 is 2.29 bits per heavy atom. The van der Waals surface area contributed by atoms with E-state index in [0.717, 1.165) is 0 Å². The van der Waals surface area contributed by atoms with Crippen LogP contribution in [0.5, 0.6) is 0 Å². The number of nitrogens with two attached hydrogens (primary N) is 1. The van der Waals surface area contributed by atoms with Crippen molar-refractivity contribution >= 4 is 22.2 Å². The lowest BCUT2D eigenvalue weighted by molar-refractivity contribution is 0.977. The van der Waals surface area contributed by atoms with Crippen LogP contribution < -0.4 is 11.3 Å². The van der Waals surface area contributed by atoms with Gasteiger partial charge in [0.25, 0.3) is 5.56 Å². The molecular weight excluding hydrogens is 218 g/mol. The quantitative estimate of drug-likeness (QED) is 0.548. The Labute approximate surface area is 94.9 Å². The van der Waals surface area contributed by atoms with Crippen LogP contribution in [0.2, 0.25) is 0 Å². The van der Waals surface area contributed by atoms with Gasteiger partial charge >= 0.3 is 0 Å². The molecule has 0 aliphatic carbocycles. The summed E-state index contributed by atoms with van der Waals surface area (Å²) in [5.41, 5.74) is 7.26. The van der Waals surface area contributed by atoms with Gasteiger partial charge in [0.2, 0.25) is 0 Å². The molecule has 6 nitrogen and oxygen atoms in total. The molecule has 0 unspecified atom stereocenters. The molecule has 0 saturated carbocycles. The van der Waals surface area contributed by atoms with E-state index in [-0.39, 0.29) is 5.56 Å². The molecule has 0 aliphatic rings. The van der Waals surface area contributed by atoms with Crippen LogP contribution in [0.1, 0.15) is 5.56 Å². The number of fused-ring (bicyclic) bond motifs is 3. The van der Waals surface area contributed by atoms with Crippen LogP contribution >= 0.6 is 0 Å². The second-order valence-electron chi connectivity index (χ2n) is 3.66. The van der Waals surface area contributed by atoms with Crippen LogP contribution in [0.4, 0.5) is 5.69 Å². The fourth-order valence-electron chi connectivity index (χ4n) is 1.82. The smallest absolute Gasteiger partial charge is 0.259 e. The third-order valence-corrected chi connectivity index (χ3v) is 2.62. The average Bonchev–Trinajstić information content (AvgIpc) is 2.72. The van der Waals surface area contributed by atoms with E-state index in [4.69, 9.17) is 11.0 Å². The normalized spacial score (nSPS) is 10.8. The van der Waals surface area contributed by atoms with E-state index in [1.807, 2.05) is 6.07 Å². The third kappa shape index (κ3) is 1.19. The van der Waals surface area contributed by atoms with E-state index in [0.29, 0.717) is 27.8 Å². The number of rotatable bonds is 0. The number of nitrogens with zero attached hydrogens (tertiary/aromatic N) is 3. The highest BCUT2D eigenvalue weighted by atomic mass is 16.1. The van der Waals surface area contributed by atoms with Gasteiger partial charge < -0.3 is 10.7 Å². The highest BCUT2D eigenvalue weighted by Crippen LogP contribution is 2.16. The largest absolute Gasteiger partial charge is 0.399 e. The monoisotopic (exact) mass is 225 g/mol. The first-order valence-corrected chi connectivity index (χ1v) is 4.90. The molecule has 2 heterocycles. The van der Waals surface area contributed by atoms with Crippen LogP contribution in [0.3, 0.4) is 0 Å². The van der Waals surface area contributed by atoms with Crippen LogP contribution in [0.25, 0.3) is 16.6 Å². The first kappa shape index (κ1) is 9.42. The number of anilines is 1. The summed E-state index contributed by atoms with van der Waals surface area (Å²) in [6.45, 7) is 0. The Morgan fingerprint density at radius 3 is 3.06 bits per heavy atom. The second kappa shape index (κ2) is 3.09. The van der Waals surface area contributed by atoms with Gasteiger partial charge in [-0.25, -0.2) is 4.52 Å². The molecule has 0 aliphatic heterocycles. The van der Waals surface area contributed by atoms with Gasteiger partial charge in [-0.05, 0) is 18.2 Å². The van der Waals surface area contributed by atoms with Crippen molar-refractivity contribution in [3.63, 3.8) is 0 Å². The van der Waals surface area contributed by atoms with E-state index in [9.17, 15) is 4.79 Å². The fraction of sp³-hybridized carbons (Fsp3) is 0. The predicted octanol–water partition coefficient (Wildman–Crippen LogP) is 0.630. The molecule has 3 N–H and O–H groups in total. The lowest BCUT2D eigenvalue weighted by Crippen LogP contribution is -2.10. The summed E-state index contributed by atoms with van der Waals surface area (Å²) in [6.07, 6.45) is 1.41. The van der Waals surface area contributed by atoms with Crippen molar-refractivity contribution in [2.45, 2.75) is 0 Å². The maximum absolute atomic E-state index is 11.8. The van der Waals surface area contributed by atoms with E-state index in [1.54, 1.807) is 18.2 Å². The highest BCUT2D eigenvalue weighted by molar-refractivity contribution is 5.83. The molecule has 82 valence electrons. The molecule has 3 rings (SSSR count). The van der Waals surface area contributed by atoms with Gasteiger partial charge in [0, 0.05) is 5.69 Å². The SMILES string of the molecule is N#Cc1cnn2c1[nH]c(=O)c1ccc(N)cc12. The van der Waals surface area contributed by atoms with E-state index in [1.165, 1.54) is 10.7 Å². The number of aromatic nitrogens is 3. The molecule has 0 fully saturated rings. The summed E-state index contributed by atoms with van der Waals surface area (Å²) < 4.78 is 1.51. The average molecular weight is 225 g/mol. The van der Waals surface area contributed by atoms with E-state index in [2.05, 4.69) is 10.1 Å². The van der Waals surface area contributed by atoms with Gasteiger partial charge in [0.05, 0.1) is 17.1 Å². The molecule has 0 amide bonds. The number of aromatic amines is 1. The van der Waals surface area contributed by atoms with Crippen molar-refractivity contribution < 1.29 is 0 Å². The summed E-state index contributed by atoms with van der Waals surface area (Å²) in [6, 6.07) is 6.92. The molecule has 3 aromatic rings. The Morgan fingerprint density at radius 1 is 1.47 bits per heavy atom. The maximum Gasteiger partial charge on any atom is 0.259 e. The topological polar surface area (TPSA) is 100.0 Å². The molecule has 0 saturated heterocycles. The minimum Gasteiger partial charge on any atom is -0.399 e. The molecule has 0 spiro atoms. The number of H-pyrrole nitrogens is 1. The fourth-order valence-corrected chi connectivity index (χ4v) is 1.82. The number of nitrogens with one attached hydrogen (secondary N) is 1. The minimum absolute atomic E-state index is 0.260. The number of nitrogen functional groups attached to an aromatic ring is 1. The summed E-state index contributed by atoms with van der Waals surface area (Å²) in [5, 5.41) is 13.4. The molecule has 2 aromatic heterocycles. The van der Waals surface area contributed by atoms with Gasteiger partial charge in [-0.1, -0.05) is 0 Å². The lowest BCUT2D eigenvalue weighted by Gasteiger charge is -2.01. The zero-order valence-electron chi connectivity index (χ0n) is 8.64. The zero-order valence-corrected chi connectivity index (χ0v) is 8.64. The van der Waals surface area contributed by atoms with Gasteiger partial charge in [0.1, 0.15) is 11.6 Å². The number of benzene rings is 1. The summed E-state index contributed by atoms with van der Waals surface area (Å²) in [7, 11) is 0. The molecule has 0 atom stereocenters. The third-order valence-electron chi connectivity index (χ3n) is 2.62. The van der Waals surface area contributed by atoms with Crippen molar-refractivity contribution in [1.29, 1.82) is 5.26 Å². The van der Waals surface area contributed by atoms with Crippen molar-refractivity contribution in [2.24, 2.45) is 0 Å². The van der Waals surface area contributed by atoms with Crippen molar-refractivity contribution in [1.82, 2.24) is 14.6 Å². The predicted molar refractivity (Wildman–Crippen MR) is 62.4 cm³/mol. The van der Waals surface area contributed by atoms with Gasteiger partial charge in [-0.2, -0.15) is 10.4 Å². The number of hydrogen-bond donors (Lipinski definition) is 2. The molecule has 17 heavy (non-hydrogen) atoms. The molecule has 0 bridgehead atoms. The lowest BCUT2D eigenvalue weighted by atomic mass is 10.2. The van der Waals surface area contributed by atoms with Crippen molar-refractivity contribution in [3.8, 4) is 6.07 Å². The molecule has 6 heteroatoms. The standard InChI is InChI=1S/C11H7N5O/c12-4-6-5-14-16-9-3-7(13)1-2-8(9)11(17)15-10(6)16/h1-3,5H,13H2,(H,15,17). The van der Waals surface area contributed by atoms with Crippen LogP contribution in [0, 0.1) is 11.3 Å². The highest BCUT2D eigenvalue weighted by Gasteiger charge is 2.09. The van der Waals surface area contributed by atoms with Gasteiger partial charge in [-0.15, -0.1) is 0 Å². The van der Waals surface area contributed by atoms with Gasteiger partial charge in [-0.3, -0.25) is 4.79 Å². The maximum atomic E-state index is 11.8. The Balaban J connectivity index is 2.64. The van der Waals surface area contributed by atoms with Crippen molar-refractivity contribution in [2.75, 3.05) is 5.73 Å². The van der Waals surface area contributed by atoms with Crippen LogP contribution in [0.15, 0.2) is 29.2 Å². The number of nitriles is 1. The molecule has 0 radical (unpaired) electrons. The minimum atomic E-state index is -0.260. The first-order chi connectivity index (χ1) is 8.20. The van der Waals surface area contributed by atoms with E-state index < -0.39 is 0 Å². The number of hydrogen-bond acceptors (Lipinski definition) is 4. The van der Waals surface area contributed by atoms with E-state index >= 15 is 0 Å². The summed E-state index contributed by atoms with van der Waals surface area (Å²) in [5.74, 6) is 0. The summed E-state index contributed by atoms with van der Waals surface area (Å²) in [4.78, 5) is 14.5. The second-order valence-corrected chi connectivity index (χ2v) is 3.66. The van der Waals surface area contributed by atoms with Crippen LogP contribution in [-0.4, -0.2) is 14.6 Å². The zero-order chi connectivity index (χ0) is 12.0. The molecule has 1 aromatic carbocycles. The van der Waals surface area contributed by atoms with Crippen molar-refractivity contribution in [3.05, 3.63) is 40.3 Å². The van der Waals surface area contributed by atoms with Crippen LogP contribution in [-0.2, 0) is 0 Å². The Hall–Kier alpha value is -2.81. The Bertz CT molecular complexity index is 837. The first-order valence-electron chi connectivity index (χ1n) is 4.90. The molecular formula is C11H7N5O.